The molecule has 0 aliphatic carbocycles. The number of piperidine rings is 1. The predicted octanol–water partition coefficient (Wildman–Crippen LogP) is 2.76. The lowest BCUT2D eigenvalue weighted by Crippen LogP contribution is -2.26. The molecule has 0 unspecified atom stereocenters. The molecule has 0 amide bonds. The van der Waals surface area contributed by atoms with Crippen LogP contribution in [-0.4, -0.2) is 26.8 Å². The van der Waals surface area contributed by atoms with Gasteiger partial charge in [-0.25, -0.2) is 0 Å². The van der Waals surface area contributed by atoms with Crippen LogP contribution < -0.4 is 14.8 Å². The molecular weight excluding hydrogens is 240 g/mol. The number of hydrogen-bond donors (Lipinski definition) is 1. The van der Waals surface area contributed by atoms with Crippen LogP contribution in [0.15, 0.2) is 18.2 Å². The van der Waals surface area contributed by atoms with Gasteiger partial charge in [0.1, 0.15) is 0 Å². The maximum absolute atomic E-state index is 12.3. The highest BCUT2D eigenvalue weighted by Crippen LogP contribution is 2.34. The van der Waals surface area contributed by atoms with Crippen molar-refractivity contribution in [2.75, 3.05) is 20.2 Å². The maximum Gasteiger partial charge on any atom is 0.387 e. The highest BCUT2D eigenvalue weighted by atomic mass is 19.3. The van der Waals surface area contributed by atoms with Crippen LogP contribution in [0, 0.1) is 0 Å². The molecule has 1 aliphatic heterocycles. The highest BCUT2D eigenvalue weighted by Gasteiger charge is 2.18. The molecule has 1 aromatic carbocycles. The summed E-state index contributed by atoms with van der Waals surface area (Å²) in [5.74, 6) is 0.855. The van der Waals surface area contributed by atoms with E-state index in [4.69, 9.17) is 4.74 Å². The lowest BCUT2D eigenvalue weighted by molar-refractivity contribution is -0.0512. The van der Waals surface area contributed by atoms with Gasteiger partial charge in [-0.15, -0.1) is 0 Å². The summed E-state index contributed by atoms with van der Waals surface area (Å²) >= 11 is 0. The first-order valence-electron chi connectivity index (χ1n) is 6.04. The van der Waals surface area contributed by atoms with Crippen LogP contribution in [0.2, 0.25) is 0 Å². The summed E-state index contributed by atoms with van der Waals surface area (Å²) in [6, 6.07) is 5.28. The molecule has 1 N–H and O–H groups in total. The molecule has 2 rings (SSSR count). The number of rotatable bonds is 4. The van der Waals surface area contributed by atoms with Gasteiger partial charge in [-0.3, -0.25) is 0 Å². The molecule has 1 aromatic rings. The molecule has 0 atom stereocenters. The maximum atomic E-state index is 12.3. The third kappa shape index (κ3) is 3.10. The van der Waals surface area contributed by atoms with Gasteiger partial charge in [0, 0.05) is 0 Å². The zero-order valence-electron chi connectivity index (χ0n) is 10.3. The van der Waals surface area contributed by atoms with Crippen LogP contribution in [0.5, 0.6) is 11.5 Å². The highest BCUT2D eigenvalue weighted by molar-refractivity contribution is 5.44. The van der Waals surface area contributed by atoms with Crippen molar-refractivity contribution in [1.29, 1.82) is 0 Å². The second kappa shape index (κ2) is 6.00. The van der Waals surface area contributed by atoms with Gasteiger partial charge in [0.05, 0.1) is 7.11 Å². The van der Waals surface area contributed by atoms with Gasteiger partial charge >= 0.3 is 6.61 Å². The second-order valence-electron chi connectivity index (χ2n) is 4.31. The van der Waals surface area contributed by atoms with E-state index < -0.39 is 6.61 Å². The summed E-state index contributed by atoms with van der Waals surface area (Å²) in [5.41, 5.74) is 1.04. The second-order valence-corrected chi connectivity index (χ2v) is 4.31. The van der Waals surface area contributed by atoms with Crippen LogP contribution in [-0.2, 0) is 0 Å². The van der Waals surface area contributed by atoms with Crippen molar-refractivity contribution in [3.05, 3.63) is 23.8 Å². The van der Waals surface area contributed by atoms with Crippen molar-refractivity contribution >= 4 is 0 Å². The fourth-order valence-electron chi connectivity index (χ4n) is 2.29. The number of methoxy groups -OCH3 is 1. The van der Waals surface area contributed by atoms with E-state index in [1.165, 1.54) is 7.11 Å². The van der Waals surface area contributed by atoms with E-state index in [2.05, 4.69) is 10.1 Å². The zero-order chi connectivity index (χ0) is 13.0. The van der Waals surface area contributed by atoms with Gasteiger partial charge in [-0.2, -0.15) is 8.78 Å². The summed E-state index contributed by atoms with van der Waals surface area (Å²) in [6.07, 6.45) is 2.03. The minimum Gasteiger partial charge on any atom is -0.493 e. The summed E-state index contributed by atoms with van der Waals surface area (Å²) in [6.45, 7) is -0.911. The van der Waals surface area contributed by atoms with Crippen molar-refractivity contribution in [2.24, 2.45) is 0 Å². The standard InChI is InChI=1S/C13H17F2NO2/c1-17-11-3-2-10(8-12(11)18-13(14)15)9-4-6-16-7-5-9/h2-3,8-9,13,16H,4-7H2,1H3. The van der Waals surface area contributed by atoms with Gasteiger partial charge in [0.2, 0.25) is 0 Å². The summed E-state index contributed by atoms with van der Waals surface area (Å²) in [4.78, 5) is 0. The number of hydrogen-bond acceptors (Lipinski definition) is 3. The monoisotopic (exact) mass is 257 g/mol. The van der Waals surface area contributed by atoms with Gasteiger partial charge in [-0.1, -0.05) is 6.07 Å². The predicted molar refractivity (Wildman–Crippen MR) is 64.5 cm³/mol. The van der Waals surface area contributed by atoms with Crippen molar-refractivity contribution in [2.45, 2.75) is 25.4 Å². The first kappa shape index (κ1) is 13.1. The summed E-state index contributed by atoms with van der Waals surface area (Å²) < 4.78 is 34.2. The molecule has 1 saturated heterocycles. The molecule has 0 radical (unpaired) electrons. The Bertz CT molecular complexity index is 393. The van der Waals surface area contributed by atoms with Crippen LogP contribution >= 0.6 is 0 Å². The average Bonchev–Trinajstić information content (AvgIpc) is 2.39. The number of ether oxygens (including phenoxy) is 2. The van der Waals surface area contributed by atoms with Crippen LogP contribution in [0.3, 0.4) is 0 Å². The van der Waals surface area contributed by atoms with Gasteiger partial charge < -0.3 is 14.8 Å². The van der Waals surface area contributed by atoms with Gasteiger partial charge in [0.15, 0.2) is 11.5 Å². The quantitative estimate of drug-likeness (QED) is 0.899. The van der Waals surface area contributed by atoms with E-state index in [9.17, 15) is 8.78 Å². The molecule has 0 aromatic heterocycles. The minimum absolute atomic E-state index is 0.114. The van der Waals surface area contributed by atoms with E-state index in [1.54, 1.807) is 12.1 Å². The Kier molecular flexibility index (Phi) is 4.36. The van der Waals surface area contributed by atoms with Gasteiger partial charge in [0.25, 0.3) is 0 Å². The van der Waals surface area contributed by atoms with E-state index in [1.807, 2.05) is 6.07 Å². The van der Waals surface area contributed by atoms with Crippen LogP contribution in [0.1, 0.15) is 24.3 Å². The fourth-order valence-corrected chi connectivity index (χ4v) is 2.29. The number of alkyl halides is 2. The van der Waals surface area contributed by atoms with Crippen molar-refractivity contribution < 1.29 is 18.3 Å². The first-order chi connectivity index (χ1) is 8.70. The Morgan fingerprint density at radius 2 is 1.94 bits per heavy atom. The number of benzene rings is 1. The number of nitrogens with one attached hydrogen (secondary N) is 1. The Balaban J connectivity index is 2.20. The summed E-state index contributed by atoms with van der Waals surface area (Å²) in [5, 5.41) is 3.28. The molecule has 0 spiro atoms. The SMILES string of the molecule is COc1ccc(C2CCNCC2)cc1OC(F)F. The molecular formula is C13H17F2NO2. The zero-order valence-corrected chi connectivity index (χ0v) is 10.3. The third-order valence-electron chi connectivity index (χ3n) is 3.21. The molecule has 1 heterocycles. The van der Waals surface area contributed by atoms with Crippen molar-refractivity contribution in [3.8, 4) is 11.5 Å². The van der Waals surface area contributed by atoms with E-state index in [0.717, 1.165) is 31.5 Å². The van der Waals surface area contributed by atoms with E-state index in [-0.39, 0.29) is 5.75 Å². The summed E-state index contributed by atoms with van der Waals surface area (Å²) in [7, 11) is 1.44. The topological polar surface area (TPSA) is 30.5 Å². The van der Waals surface area contributed by atoms with Crippen molar-refractivity contribution in [1.82, 2.24) is 5.32 Å². The Hall–Kier alpha value is -1.36. The smallest absolute Gasteiger partial charge is 0.387 e. The normalized spacial score (nSPS) is 16.9. The van der Waals surface area contributed by atoms with Crippen LogP contribution in [0.4, 0.5) is 8.78 Å². The minimum atomic E-state index is -2.83. The molecule has 0 bridgehead atoms. The lowest BCUT2D eigenvalue weighted by Gasteiger charge is -2.23. The molecule has 18 heavy (non-hydrogen) atoms. The van der Waals surface area contributed by atoms with Gasteiger partial charge in [-0.05, 0) is 49.5 Å². The molecule has 3 nitrogen and oxygen atoms in total. The number of halogens is 2. The van der Waals surface area contributed by atoms with E-state index >= 15 is 0 Å². The van der Waals surface area contributed by atoms with E-state index in [0.29, 0.717) is 11.7 Å². The molecule has 0 saturated carbocycles. The Morgan fingerprint density at radius 3 is 2.56 bits per heavy atom. The van der Waals surface area contributed by atoms with Crippen LogP contribution in [0.25, 0.3) is 0 Å². The molecule has 1 aliphatic rings. The Morgan fingerprint density at radius 1 is 1.22 bits per heavy atom. The molecule has 1 fully saturated rings. The largest absolute Gasteiger partial charge is 0.493 e. The third-order valence-corrected chi connectivity index (χ3v) is 3.21. The average molecular weight is 257 g/mol. The molecule has 100 valence electrons. The lowest BCUT2D eigenvalue weighted by atomic mass is 9.90. The molecule has 5 heteroatoms. The fraction of sp³-hybridized carbons (Fsp3) is 0.538. The Labute approximate surface area is 105 Å². The van der Waals surface area contributed by atoms with Crippen molar-refractivity contribution in [3.63, 3.8) is 0 Å². The first-order valence-corrected chi connectivity index (χ1v) is 6.04.